The number of nitro groups is 1. The standard InChI is InChI=1S/C23H19N3O7S/c27-22(24-19-9-5-11-21(15-19)26(29)30)16-33-23(28)18-8-4-10-20(14-18)25-34(31,32)13-12-17-6-2-1-3-7-17/h1-15,25H,16H2,(H,24,27). The highest BCUT2D eigenvalue weighted by molar-refractivity contribution is 7.95. The normalized spacial score (nSPS) is 11.1. The van der Waals surface area contributed by atoms with Crippen molar-refractivity contribution >= 4 is 45.0 Å². The van der Waals surface area contributed by atoms with Crippen molar-refractivity contribution in [3.8, 4) is 0 Å². The molecule has 10 nitrogen and oxygen atoms in total. The molecule has 3 aromatic rings. The third kappa shape index (κ3) is 7.28. The van der Waals surface area contributed by atoms with Gasteiger partial charge in [0.2, 0.25) is 0 Å². The first-order valence-electron chi connectivity index (χ1n) is 9.79. The summed E-state index contributed by atoms with van der Waals surface area (Å²) < 4.78 is 31.9. The summed E-state index contributed by atoms with van der Waals surface area (Å²) in [4.78, 5) is 34.5. The summed E-state index contributed by atoms with van der Waals surface area (Å²) in [6.07, 6.45) is 1.43. The third-order valence-corrected chi connectivity index (χ3v) is 5.29. The van der Waals surface area contributed by atoms with E-state index in [-0.39, 0.29) is 22.6 Å². The molecule has 1 amide bonds. The number of amides is 1. The van der Waals surface area contributed by atoms with E-state index >= 15 is 0 Å². The lowest BCUT2D eigenvalue weighted by atomic mass is 10.2. The van der Waals surface area contributed by atoms with Crippen molar-refractivity contribution in [2.75, 3.05) is 16.6 Å². The van der Waals surface area contributed by atoms with Gasteiger partial charge in [-0.1, -0.05) is 42.5 Å². The van der Waals surface area contributed by atoms with Crippen LogP contribution in [0, 0.1) is 10.1 Å². The van der Waals surface area contributed by atoms with E-state index in [0.717, 1.165) is 5.41 Å². The summed E-state index contributed by atoms with van der Waals surface area (Å²) in [5.41, 5.74) is 0.833. The second kappa shape index (κ2) is 10.9. The van der Waals surface area contributed by atoms with Crippen LogP contribution in [0.1, 0.15) is 15.9 Å². The lowest BCUT2D eigenvalue weighted by Crippen LogP contribution is -2.21. The molecule has 0 aliphatic heterocycles. The van der Waals surface area contributed by atoms with Crippen molar-refractivity contribution in [3.05, 3.63) is 106 Å². The fourth-order valence-corrected chi connectivity index (χ4v) is 3.61. The first kappa shape index (κ1) is 24.1. The van der Waals surface area contributed by atoms with Gasteiger partial charge in [-0.25, -0.2) is 13.2 Å². The molecule has 0 radical (unpaired) electrons. The number of non-ortho nitro benzene ring substituents is 1. The Morgan fingerprint density at radius 1 is 0.941 bits per heavy atom. The Bertz CT molecular complexity index is 1340. The molecule has 0 saturated heterocycles. The maximum Gasteiger partial charge on any atom is 0.338 e. The number of esters is 1. The molecule has 0 bridgehead atoms. The first-order valence-corrected chi connectivity index (χ1v) is 11.3. The number of benzene rings is 3. The lowest BCUT2D eigenvalue weighted by Gasteiger charge is -2.08. The highest BCUT2D eigenvalue weighted by Crippen LogP contribution is 2.17. The highest BCUT2D eigenvalue weighted by Gasteiger charge is 2.14. The number of hydrogen-bond acceptors (Lipinski definition) is 7. The molecular formula is C23H19N3O7S. The van der Waals surface area contributed by atoms with E-state index in [1.807, 2.05) is 6.07 Å². The van der Waals surface area contributed by atoms with Gasteiger partial charge >= 0.3 is 5.97 Å². The van der Waals surface area contributed by atoms with E-state index in [0.29, 0.717) is 5.56 Å². The van der Waals surface area contributed by atoms with Gasteiger partial charge in [0.1, 0.15) is 0 Å². The van der Waals surface area contributed by atoms with Crippen molar-refractivity contribution in [1.82, 2.24) is 0 Å². The zero-order chi connectivity index (χ0) is 24.6. The Balaban J connectivity index is 1.58. The number of nitrogens with zero attached hydrogens (tertiary/aromatic N) is 1. The van der Waals surface area contributed by atoms with Gasteiger partial charge < -0.3 is 10.1 Å². The Morgan fingerprint density at radius 3 is 2.38 bits per heavy atom. The van der Waals surface area contributed by atoms with Crippen LogP contribution in [0.5, 0.6) is 0 Å². The summed E-state index contributed by atoms with van der Waals surface area (Å²) in [7, 11) is -3.84. The average molecular weight is 481 g/mol. The molecule has 0 aliphatic carbocycles. The zero-order valence-corrected chi connectivity index (χ0v) is 18.4. The molecule has 2 N–H and O–H groups in total. The predicted octanol–water partition coefficient (Wildman–Crippen LogP) is 3.80. The molecule has 0 heterocycles. The second-order valence-electron chi connectivity index (χ2n) is 6.87. The Labute approximate surface area is 195 Å². The van der Waals surface area contributed by atoms with Gasteiger partial charge in [-0.3, -0.25) is 19.6 Å². The fraction of sp³-hybridized carbons (Fsp3) is 0.0435. The SMILES string of the molecule is O=C(COC(=O)c1cccc(NS(=O)(=O)C=Cc2ccccc2)c1)Nc1cccc([N+](=O)[O-])c1. The molecule has 0 unspecified atom stereocenters. The maximum atomic E-state index is 12.3. The molecule has 3 aromatic carbocycles. The van der Waals surface area contributed by atoms with Crippen molar-refractivity contribution in [3.63, 3.8) is 0 Å². The van der Waals surface area contributed by atoms with E-state index in [4.69, 9.17) is 4.74 Å². The van der Waals surface area contributed by atoms with Crippen LogP contribution in [0.2, 0.25) is 0 Å². The van der Waals surface area contributed by atoms with Crippen molar-refractivity contribution in [2.45, 2.75) is 0 Å². The van der Waals surface area contributed by atoms with Crippen molar-refractivity contribution in [2.24, 2.45) is 0 Å². The molecule has 0 saturated carbocycles. The van der Waals surface area contributed by atoms with Crippen LogP contribution in [0.4, 0.5) is 17.1 Å². The van der Waals surface area contributed by atoms with E-state index < -0.39 is 33.4 Å². The van der Waals surface area contributed by atoms with Gasteiger partial charge in [0, 0.05) is 23.5 Å². The lowest BCUT2D eigenvalue weighted by molar-refractivity contribution is -0.384. The number of nitrogens with one attached hydrogen (secondary N) is 2. The summed E-state index contributed by atoms with van der Waals surface area (Å²) in [6, 6.07) is 19.7. The average Bonchev–Trinajstić information content (AvgIpc) is 2.82. The summed E-state index contributed by atoms with van der Waals surface area (Å²) in [6.45, 7) is -0.642. The molecular weight excluding hydrogens is 462 g/mol. The molecule has 0 fully saturated rings. The number of sulfonamides is 1. The monoisotopic (exact) mass is 481 g/mol. The van der Waals surface area contributed by atoms with Gasteiger partial charge in [-0.05, 0) is 35.9 Å². The van der Waals surface area contributed by atoms with Gasteiger partial charge in [-0.2, -0.15) is 0 Å². The molecule has 0 atom stereocenters. The summed E-state index contributed by atoms with van der Waals surface area (Å²) in [5.74, 6) is -1.55. The molecule has 0 aromatic heterocycles. The smallest absolute Gasteiger partial charge is 0.338 e. The number of carbonyl (C=O) groups is 2. The maximum absolute atomic E-state index is 12.3. The van der Waals surface area contributed by atoms with E-state index in [9.17, 15) is 28.1 Å². The van der Waals surface area contributed by atoms with Crippen LogP contribution in [0.25, 0.3) is 6.08 Å². The van der Waals surface area contributed by atoms with Gasteiger partial charge in [-0.15, -0.1) is 0 Å². The van der Waals surface area contributed by atoms with Crippen LogP contribution >= 0.6 is 0 Å². The van der Waals surface area contributed by atoms with Crippen LogP contribution in [0.3, 0.4) is 0 Å². The van der Waals surface area contributed by atoms with Crippen LogP contribution in [-0.4, -0.2) is 31.8 Å². The number of hydrogen-bond donors (Lipinski definition) is 2. The number of anilines is 2. The molecule has 3 rings (SSSR count). The van der Waals surface area contributed by atoms with Crippen LogP contribution in [0.15, 0.2) is 84.3 Å². The molecule has 34 heavy (non-hydrogen) atoms. The Kier molecular flexibility index (Phi) is 7.72. The predicted molar refractivity (Wildman–Crippen MR) is 126 cm³/mol. The largest absolute Gasteiger partial charge is 0.452 e. The number of rotatable bonds is 9. The molecule has 11 heteroatoms. The van der Waals surface area contributed by atoms with Gasteiger partial charge in [0.25, 0.3) is 21.6 Å². The number of carbonyl (C=O) groups excluding carboxylic acids is 2. The van der Waals surface area contributed by atoms with E-state index in [1.54, 1.807) is 24.3 Å². The Morgan fingerprint density at radius 2 is 1.65 bits per heavy atom. The topological polar surface area (TPSA) is 145 Å². The quantitative estimate of drug-likeness (QED) is 0.269. The Hall–Kier alpha value is -4.51. The van der Waals surface area contributed by atoms with E-state index in [2.05, 4.69) is 10.0 Å². The third-order valence-electron chi connectivity index (χ3n) is 4.27. The summed E-state index contributed by atoms with van der Waals surface area (Å²) >= 11 is 0. The van der Waals surface area contributed by atoms with Crippen molar-refractivity contribution in [1.29, 1.82) is 0 Å². The zero-order valence-electron chi connectivity index (χ0n) is 17.6. The van der Waals surface area contributed by atoms with Crippen LogP contribution < -0.4 is 10.0 Å². The molecule has 0 spiro atoms. The number of ether oxygens (including phenoxy) is 1. The van der Waals surface area contributed by atoms with Crippen molar-refractivity contribution < 1.29 is 27.7 Å². The van der Waals surface area contributed by atoms with E-state index in [1.165, 1.54) is 54.6 Å². The minimum absolute atomic E-state index is 0.0235. The molecule has 174 valence electrons. The minimum Gasteiger partial charge on any atom is -0.452 e. The second-order valence-corrected chi connectivity index (χ2v) is 8.44. The molecule has 0 aliphatic rings. The van der Waals surface area contributed by atoms with Gasteiger partial charge in [0.15, 0.2) is 6.61 Å². The summed E-state index contributed by atoms with van der Waals surface area (Å²) in [5, 5.41) is 14.2. The highest BCUT2D eigenvalue weighted by atomic mass is 32.2. The first-order chi connectivity index (χ1) is 16.2. The minimum atomic E-state index is -3.84. The van der Waals surface area contributed by atoms with Gasteiger partial charge in [0.05, 0.1) is 15.9 Å². The van der Waals surface area contributed by atoms with Crippen LogP contribution in [-0.2, 0) is 19.6 Å². The number of nitro benzene ring substituents is 1. The fourth-order valence-electron chi connectivity index (χ4n) is 2.75.